The predicted octanol–water partition coefficient (Wildman–Crippen LogP) is 2.80. The Kier molecular flexibility index (Phi) is 2.60. The van der Waals surface area contributed by atoms with E-state index >= 15 is 0 Å². The molecule has 1 aliphatic rings. The Hall–Kier alpha value is -2.14. The Morgan fingerprint density at radius 2 is 2.25 bits per heavy atom. The fraction of sp³-hybridized carbons (Fsp3) is 0.200. The Labute approximate surface area is 120 Å². The molecule has 0 saturated carbocycles. The number of hydrogen-bond acceptors (Lipinski definition) is 4. The highest BCUT2D eigenvalue weighted by molar-refractivity contribution is 7.12. The summed E-state index contributed by atoms with van der Waals surface area (Å²) >= 11 is 1.80. The highest BCUT2D eigenvalue weighted by Gasteiger charge is 2.21. The first-order valence-electron chi connectivity index (χ1n) is 6.64. The first kappa shape index (κ1) is 11.7. The lowest BCUT2D eigenvalue weighted by atomic mass is 9.93. The van der Waals surface area contributed by atoms with Crippen molar-refractivity contribution < 1.29 is 0 Å². The molecule has 1 aromatic carbocycles. The minimum absolute atomic E-state index is 0.790. The van der Waals surface area contributed by atoms with E-state index in [9.17, 15) is 0 Å². The van der Waals surface area contributed by atoms with E-state index in [4.69, 9.17) is 10.7 Å². The van der Waals surface area contributed by atoms with Crippen LogP contribution in [0.2, 0.25) is 0 Å². The number of hydrogen-bond donors (Lipinski definition) is 2. The topological polar surface area (TPSA) is 67.6 Å². The van der Waals surface area contributed by atoms with Gasteiger partial charge in [-0.15, -0.1) is 11.3 Å². The van der Waals surface area contributed by atoms with E-state index in [1.807, 2.05) is 18.3 Å². The zero-order chi connectivity index (χ0) is 13.5. The smallest absolute Gasteiger partial charge is 0.0995 e. The van der Waals surface area contributed by atoms with Crippen LogP contribution in [0.5, 0.6) is 0 Å². The number of aromatic nitrogens is 3. The molecule has 5 heteroatoms. The van der Waals surface area contributed by atoms with Gasteiger partial charge in [-0.2, -0.15) is 0 Å². The van der Waals surface area contributed by atoms with Gasteiger partial charge >= 0.3 is 0 Å². The van der Waals surface area contributed by atoms with Gasteiger partial charge in [0.15, 0.2) is 0 Å². The Morgan fingerprint density at radius 1 is 1.30 bits per heavy atom. The van der Waals surface area contributed by atoms with Gasteiger partial charge in [-0.05, 0) is 30.5 Å². The number of H-pyrrole nitrogens is 1. The number of fused-ring (bicyclic) bond motifs is 3. The number of benzene rings is 1. The highest BCUT2D eigenvalue weighted by Crippen LogP contribution is 2.37. The highest BCUT2D eigenvalue weighted by atomic mass is 32.1. The van der Waals surface area contributed by atoms with Crippen molar-refractivity contribution in [3.05, 3.63) is 51.9 Å². The number of nitrogens with two attached hydrogens (primary N) is 1. The first-order valence-corrected chi connectivity index (χ1v) is 7.46. The third kappa shape index (κ3) is 1.91. The van der Waals surface area contributed by atoms with Crippen LogP contribution in [0.4, 0.5) is 5.69 Å². The normalized spacial score (nSPS) is 13.0. The molecule has 0 fully saturated rings. The van der Waals surface area contributed by atoms with Gasteiger partial charge in [0.1, 0.15) is 0 Å². The molecule has 20 heavy (non-hydrogen) atoms. The van der Waals surface area contributed by atoms with Crippen LogP contribution in [0.1, 0.15) is 21.1 Å². The molecule has 0 amide bonds. The van der Waals surface area contributed by atoms with Crippen LogP contribution >= 0.6 is 11.3 Å². The number of nitrogens with zero attached hydrogens (tertiary/aromatic N) is 2. The molecule has 0 atom stereocenters. The molecule has 100 valence electrons. The summed E-state index contributed by atoms with van der Waals surface area (Å²) in [5.41, 5.74) is 11.4. The summed E-state index contributed by atoms with van der Waals surface area (Å²) in [5.74, 6) is 0. The number of aryl methyl sites for hydroxylation is 2. The number of aromatic amines is 1. The van der Waals surface area contributed by atoms with E-state index < -0.39 is 0 Å². The first-order chi connectivity index (χ1) is 9.79. The maximum Gasteiger partial charge on any atom is 0.0995 e. The fourth-order valence-electron chi connectivity index (χ4n) is 2.68. The Bertz CT molecular complexity index is 758. The molecule has 0 radical (unpaired) electrons. The van der Waals surface area contributed by atoms with Crippen molar-refractivity contribution in [1.29, 1.82) is 0 Å². The summed E-state index contributed by atoms with van der Waals surface area (Å²) < 4.78 is 0. The summed E-state index contributed by atoms with van der Waals surface area (Å²) in [4.78, 5) is 13.4. The molecule has 4 nitrogen and oxygen atoms in total. The van der Waals surface area contributed by atoms with Gasteiger partial charge in [-0.25, -0.2) is 9.97 Å². The van der Waals surface area contributed by atoms with Crippen molar-refractivity contribution in [3.63, 3.8) is 0 Å². The van der Waals surface area contributed by atoms with Crippen molar-refractivity contribution in [3.8, 4) is 11.3 Å². The van der Waals surface area contributed by atoms with Crippen molar-refractivity contribution in [1.82, 2.24) is 15.0 Å². The number of nitrogens with one attached hydrogen (secondary N) is 1. The van der Waals surface area contributed by atoms with E-state index in [-0.39, 0.29) is 0 Å². The number of anilines is 1. The zero-order valence-electron chi connectivity index (χ0n) is 10.9. The quantitative estimate of drug-likeness (QED) is 0.710. The number of rotatable bonds is 2. The molecule has 3 N–H and O–H groups in total. The van der Waals surface area contributed by atoms with Crippen LogP contribution in [-0.2, 0) is 19.3 Å². The van der Waals surface area contributed by atoms with E-state index in [0.29, 0.717) is 0 Å². The van der Waals surface area contributed by atoms with E-state index in [0.717, 1.165) is 41.3 Å². The second-order valence-electron chi connectivity index (χ2n) is 5.03. The van der Waals surface area contributed by atoms with Crippen LogP contribution < -0.4 is 5.73 Å². The summed E-state index contributed by atoms with van der Waals surface area (Å²) in [7, 11) is 0. The second kappa shape index (κ2) is 4.45. The molecular weight excluding hydrogens is 268 g/mol. The molecule has 0 unspecified atom stereocenters. The van der Waals surface area contributed by atoms with Crippen molar-refractivity contribution in [2.45, 2.75) is 19.3 Å². The van der Waals surface area contributed by atoms with Gasteiger partial charge in [0.05, 0.1) is 22.7 Å². The van der Waals surface area contributed by atoms with Crippen molar-refractivity contribution in [2.24, 2.45) is 0 Å². The van der Waals surface area contributed by atoms with Crippen LogP contribution in [0.25, 0.3) is 11.3 Å². The monoisotopic (exact) mass is 282 g/mol. The predicted molar refractivity (Wildman–Crippen MR) is 80.8 cm³/mol. The van der Waals surface area contributed by atoms with E-state index in [1.54, 1.807) is 17.7 Å². The molecule has 0 aliphatic heterocycles. The SMILES string of the molecule is Nc1ccc2c(c1)-c1nc(Cc3c[nH]cn3)sc1CC2. The number of nitrogen functional groups attached to an aromatic ring is 1. The lowest BCUT2D eigenvalue weighted by Gasteiger charge is -2.15. The minimum atomic E-state index is 0.790. The Balaban J connectivity index is 1.76. The van der Waals surface area contributed by atoms with Gasteiger partial charge in [0.2, 0.25) is 0 Å². The Morgan fingerprint density at radius 3 is 3.10 bits per heavy atom. The molecule has 2 heterocycles. The molecule has 2 aromatic heterocycles. The van der Waals surface area contributed by atoms with Crippen LogP contribution in [0.15, 0.2) is 30.7 Å². The fourth-order valence-corrected chi connectivity index (χ4v) is 3.78. The second-order valence-corrected chi connectivity index (χ2v) is 6.20. The van der Waals surface area contributed by atoms with Gasteiger partial charge in [0, 0.05) is 28.7 Å². The van der Waals surface area contributed by atoms with Crippen molar-refractivity contribution in [2.75, 3.05) is 5.73 Å². The molecule has 0 spiro atoms. The van der Waals surface area contributed by atoms with Crippen LogP contribution in [0, 0.1) is 0 Å². The van der Waals surface area contributed by atoms with Gasteiger partial charge in [-0.1, -0.05) is 6.07 Å². The molecule has 4 rings (SSSR count). The van der Waals surface area contributed by atoms with E-state index in [2.05, 4.69) is 16.0 Å². The molecule has 0 saturated heterocycles. The van der Waals surface area contributed by atoms with Gasteiger partial charge in [-0.3, -0.25) is 0 Å². The summed E-state index contributed by atoms with van der Waals surface area (Å²) in [6.07, 6.45) is 6.57. The van der Waals surface area contributed by atoms with E-state index in [1.165, 1.54) is 16.0 Å². The largest absolute Gasteiger partial charge is 0.399 e. The summed E-state index contributed by atoms with van der Waals surface area (Å²) in [5, 5.41) is 1.12. The van der Waals surface area contributed by atoms with Crippen molar-refractivity contribution >= 4 is 17.0 Å². The maximum absolute atomic E-state index is 5.92. The zero-order valence-corrected chi connectivity index (χ0v) is 11.7. The minimum Gasteiger partial charge on any atom is -0.399 e. The summed E-state index contributed by atoms with van der Waals surface area (Å²) in [6.45, 7) is 0. The molecule has 3 aromatic rings. The number of imidazole rings is 1. The van der Waals surface area contributed by atoms with Crippen LogP contribution in [0.3, 0.4) is 0 Å². The summed E-state index contributed by atoms with van der Waals surface area (Å²) in [6, 6.07) is 6.15. The molecule has 1 aliphatic carbocycles. The maximum atomic E-state index is 5.92. The average Bonchev–Trinajstić information content (AvgIpc) is 3.08. The third-order valence-corrected chi connectivity index (χ3v) is 4.75. The third-order valence-electron chi connectivity index (χ3n) is 3.64. The standard InChI is InChI=1S/C15H14N4S/c16-10-3-1-9-2-4-13-15(12(9)5-10)19-14(20-13)6-11-7-17-8-18-11/h1,3,5,7-8H,2,4,6,16H2,(H,17,18). The molecular formula is C15H14N4S. The van der Waals surface area contributed by atoms with Gasteiger partial charge < -0.3 is 10.7 Å². The average molecular weight is 282 g/mol. The number of thiazole rings is 1. The lowest BCUT2D eigenvalue weighted by molar-refractivity contribution is 0.953. The lowest BCUT2D eigenvalue weighted by Crippen LogP contribution is -2.02. The molecule has 0 bridgehead atoms. The van der Waals surface area contributed by atoms with Gasteiger partial charge in [0.25, 0.3) is 0 Å². The van der Waals surface area contributed by atoms with Crippen LogP contribution in [-0.4, -0.2) is 15.0 Å².